The zero-order valence-electron chi connectivity index (χ0n) is 15.8. The second-order valence-electron chi connectivity index (χ2n) is 8.23. The van der Waals surface area contributed by atoms with Gasteiger partial charge in [0, 0.05) is 25.6 Å². The molecule has 4 rings (SSSR count). The number of hydrogen-bond acceptors (Lipinski definition) is 4. The van der Waals surface area contributed by atoms with E-state index in [-0.39, 0.29) is 23.1 Å². The second-order valence-corrected chi connectivity index (χ2v) is 9.15. The Morgan fingerprint density at radius 1 is 1.15 bits per heavy atom. The van der Waals surface area contributed by atoms with Crippen LogP contribution in [0.5, 0.6) is 0 Å². The van der Waals surface area contributed by atoms with Gasteiger partial charge in [-0.2, -0.15) is 0 Å². The van der Waals surface area contributed by atoms with Crippen LogP contribution in [-0.2, 0) is 11.3 Å². The molecule has 0 aromatic carbocycles. The molecule has 1 saturated heterocycles. The summed E-state index contributed by atoms with van der Waals surface area (Å²) in [5, 5.41) is 1.82. The number of amides is 1. The van der Waals surface area contributed by atoms with E-state index >= 15 is 0 Å². The SMILES string of the molecule is CC1CCN(C(=O)C2CCC(Cn3c(=O)[nH]c4ccsc4c3=O)CC2)CC1. The van der Waals surface area contributed by atoms with E-state index in [4.69, 9.17) is 0 Å². The van der Waals surface area contributed by atoms with E-state index in [0.29, 0.717) is 22.7 Å². The largest absolute Gasteiger partial charge is 0.342 e. The fourth-order valence-electron chi connectivity index (χ4n) is 4.47. The van der Waals surface area contributed by atoms with Crippen LogP contribution in [0.1, 0.15) is 45.4 Å². The fraction of sp³-hybridized carbons (Fsp3) is 0.650. The molecule has 1 N–H and O–H groups in total. The van der Waals surface area contributed by atoms with Crippen molar-refractivity contribution in [2.45, 2.75) is 52.0 Å². The van der Waals surface area contributed by atoms with Gasteiger partial charge in [0.25, 0.3) is 5.56 Å². The number of nitrogens with zero attached hydrogens (tertiary/aromatic N) is 2. The van der Waals surface area contributed by atoms with Gasteiger partial charge < -0.3 is 9.88 Å². The lowest BCUT2D eigenvalue weighted by molar-refractivity contribution is -0.138. The molecule has 1 aliphatic heterocycles. The van der Waals surface area contributed by atoms with Crippen LogP contribution in [0.4, 0.5) is 0 Å². The highest BCUT2D eigenvalue weighted by molar-refractivity contribution is 7.17. The highest BCUT2D eigenvalue weighted by Gasteiger charge is 2.31. The van der Waals surface area contributed by atoms with E-state index in [1.165, 1.54) is 15.9 Å². The van der Waals surface area contributed by atoms with Gasteiger partial charge in [-0.05, 0) is 61.8 Å². The molecule has 2 aromatic heterocycles. The van der Waals surface area contributed by atoms with Gasteiger partial charge in [0.05, 0.1) is 5.52 Å². The summed E-state index contributed by atoms with van der Waals surface area (Å²) in [7, 11) is 0. The van der Waals surface area contributed by atoms with Crippen molar-refractivity contribution in [3.8, 4) is 0 Å². The maximum atomic E-state index is 12.8. The van der Waals surface area contributed by atoms with Gasteiger partial charge >= 0.3 is 5.69 Å². The molecule has 0 atom stereocenters. The smallest absolute Gasteiger partial charge is 0.328 e. The van der Waals surface area contributed by atoms with Crippen molar-refractivity contribution in [1.29, 1.82) is 0 Å². The van der Waals surface area contributed by atoms with Gasteiger partial charge in [-0.15, -0.1) is 11.3 Å². The molecular weight excluding hydrogens is 362 g/mol. The Hall–Kier alpha value is -1.89. The van der Waals surface area contributed by atoms with Crippen LogP contribution in [0.25, 0.3) is 10.2 Å². The van der Waals surface area contributed by atoms with Crippen molar-refractivity contribution in [1.82, 2.24) is 14.5 Å². The van der Waals surface area contributed by atoms with Gasteiger partial charge in [-0.25, -0.2) is 4.79 Å². The molecule has 0 spiro atoms. The van der Waals surface area contributed by atoms with Gasteiger partial charge in [-0.1, -0.05) is 6.92 Å². The molecule has 1 amide bonds. The Labute approximate surface area is 162 Å². The van der Waals surface area contributed by atoms with Gasteiger partial charge in [0.2, 0.25) is 5.91 Å². The number of nitrogens with one attached hydrogen (secondary N) is 1. The first-order chi connectivity index (χ1) is 13.0. The summed E-state index contributed by atoms with van der Waals surface area (Å²) in [5.74, 6) is 1.44. The van der Waals surface area contributed by atoms with Crippen molar-refractivity contribution in [3.05, 3.63) is 32.3 Å². The summed E-state index contributed by atoms with van der Waals surface area (Å²) < 4.78 is 1.95. The van der Waals surface area contributed by atoms with E-state index in [1.54, 1.807) is 6.07 Å². The first-order valence-corrected chi connectivity index (χ1v) is 10.9. The summed E-state index contributed by atoms with van der Waals surface area (Å²) in [6, 6.07) is 1.77. The normalized spacial score (nSPS) is 24.4. The molecule has 0 bridgehead atoms. The fourth-order valence-corrected chi connectivity index (χ4v) is 5.27. The lowest BCUT2D eigenvalue weighted by Crippen LogP contribution is -2.43. The van der Waals surface area contributed by atoms with Gasteiger partial charge in [0.1, 0.15) is 4.70 Å². The number of carbonyl (C=O) groups is 1. The lowest BCUT2D eigenvalue weighted by atomic mass is 9.81. The molecule has 1 aliphatic carbocycles. The number of aromatic nitrogens is 2. The number of thiophene rings is 1. The topological polar surface area (TPSA) is 75.2 Å². The molecule has 146 valence electrons. The average Bonchev–Trinajstić information content (AvgIpc) is 3.14. The maximum absolute atomic E-state index is 12.8. The summed E-state index contributed by atoms with van der Waals surface area (Å²) >= 11 is 1.37. The Bertz CT molecular complexity index is 928. The van der Waals surface area contributed by atoms with E-state index in [1.807, 2.05) is 10.3 Å². The number of carbonyl (C=O) groups excluding carboxylic acids is 1. The number of fused-ring (bicyclic) bond motifs is 1. The highest BCUT2D eigenvalue weighted by atomic mass is 32.1. The first-order valence-electron chi connectivity index (χ1n) is 10.0. The zero-order valence-corrected chi connectivity index (χ0v) is 16.6. The maximum Gasteiger partial charge on any atom is 0.328 e. The number of hydrogen-bond donors (Lipinski definition) is 1. The van der Waals surface area contributed by atoms with E-state index in [9.17, 15) is 14.4 Å². The van der Waals surface area contributed by atoms with Crippen LogP contribution in [0.3, 0.4) is 0 Å². The zero-order chi connectivity index (χ0) is 19.0. The third-order valence-electron chi connectivity index (χ3n) is 6.32. The van der Waals surface area contributed by atoms with Crippen LogP contribution in [0.2, 0.25) is 0 Å². The van der Waals surface area contributed by atoms with E-state index < -0.39 is 0 Å². The Balaban J connectivity index is 1.38. The quantitative estimate of drug-likeness (QED) is 0.877. The van der Waals surface area contributed by atoms with Crippen molar-refractivity contribution >= 4 is 27.5 Å². The predicted molar refractivity (Wildman–Crippen MR) is 107 cm³/mol. The summed E-state index contributed by atoms with van der Waals surface area (Å²) in [6.45, 7) is 4.49. The number of likely N-dealkylation sites (tertiary alicyclic amines) is 1. The number of H-pyrrole nitrogens is 1. The molecule has 7 heteroatoms. The summed E-state index contributed by atoms with van der Waals surface area (Å²) in [5.41, 5.74) is 0.104. The summed E-state index contributed by atoms with van der Waals surface area (Å²) in [4.78, 5) is 42.5. The minimum Gasteiger partial charge on any atom is -0.342 e. The number of piperidine rings is 1. The molecule has 1 saturated carbocycles. The van der Waals surface area contributed by atoms with Crippen molar-refractivity contribution in [2.24, 2.45) is 17.8 Å². The molecule has 0 radical (unpaired) electrons. The Kier molecular flexibility index (Phi) is 5.21. The highest BCUT2D eigenvalue weighted by Crippen LogP contribution is 2.31. The third kappa shape index (κ3) is 3.74. The Morgan fingerprint density at radius 3 is 2.56 bits per heavy atom. The van der Waals surface area contributed by atoms with Crippen LogP contribution in [0.15, 0.2) is 21.0 Å². The van der Waals surface area contributed by atoms with E-state index in [0.717, 1.165) is 57.5 Å². The predicted octanol–water partition coefficient (Wildman–Crippen LogP) is 2.82. The van der Waals surface area contributed by atoms with Gasteiger partial charge in [0.15, 0.2) is 0 Å². The Morgan fingerprint density at radius 2 is 1.85 bits per heavy atom. The van der Waals surface area contributed by atoms with Gasteiger partial charge in [-0.3, -0.25) is 14.2 Å². The van der Waals surface area contributed by atoms with Crippen molar-refractivity contribution in [3.63, 3.8) is 0 Å². The van der Waals surface area contributed by atoms with Crippen molar-refractivity contribution < 1.29 is 4.79 Å². The molecule has 2 fully saturated rings. The molecule has 27 heavy (non-hydrogen) atoms. The standard InChI is InChI=1S/C20H27N3O3S/c1-13-6-9-22(10-7-13)18(24)15-4-2-14(3-5-15)12-23-19(25)17-16(8-11-27-17)21-20(23)26/h8,11,13-15H,2-7,9-10,12H2,1H3,(H,21,26). The molecule has 6 nitrogen and oxygen atoms in total. The minimum atomic E-state index is -0.327. The minimum absolute atomic E-state index is 0.115. The second kappa shape index (κ2) is 7.62. The molecule has 3 heterocycles. The molecule has 2 aromatic rings. The monoisotopic (exact) mass is 389 g/mol. The lowest BCUT2D eigenvalue weighted by Gasteiger charge is -2.35. The number of aromatic amines is 1. The first kappa shape index (κ1) is 18.5. The molecule has 2 aliphatic rings. The average molecular weight is 390 g/mol. The van der Waals surface area contributed by atoms with Crippen LogP contribution in [-0.4, -0.2) is 33.4 Å². The van der Waals surface area contributed by atoms with Crippen molar-refractivity contribution in [2.75, 3.05) is 13.1 Å². The summed E-state index contributed by atoms with van der Waals surface area (Å²) in [6.07, 6.45) is 5.74. The van der Waals surface area contributed by atoms with Crippen LogP contribution >= 0.6 is 11.3 Å². The van der Waals surface area contributed by atoms with Crippen LogP contribution in [0, 0.1) is 17.8 Å². The number of rotatable bonds is 3. The van der Waals surface area contributed by atoms with Crippen LogP contribution < -0.4 is 11.2 Å². The third-order valence-corrected chi connectivity index (χ3v) is 7.23. The molecule has 0 unspecified atom stereocenters. The molecular formula is C20H27N3O3S. The van der Waals surface area contributed by atoms with E-state index in [2.05, 4.69) is 11.9 Å².